The van der Waals surface area contributed by atoms with E-state index in [1.165, 1.54) is 11.3 Å². The van der Waals surface area contributed by atoms with Gasteiger partial charge in [-0.1, -0.05) is 46.7 Å². The van der Waals surface area contributed by atoms with Crippen LogP contribution in [0.5, 0.6) is 0 Å². The summed E-state index contributed by atoms with van der Waals surface area (Å²) >= 11 is 7.56. The number of anilines is 1. The molecule has 0 unspecified atom stereocenters. The number of hydrogen-bond acceptors (Lipinski definition) is 4. The Labute approximate surface area is 172 Å². The van der Waals surface area contributed by atoms with E-state index >= 15 is 0 Å². The summed E-state index contributed by atoms with van der Waals surface area (Å²) in [6.45, 7) is 4.40. The molecule has 0 radical (unpaired) electrons. The first kappa shape index (κ1) is 18.7. The highest BCUT2D eigenvalue weighted by molar-refractivity contribution is 7.22. The van der Waals surface area contributed by atoms with Crippen molar-refractivity contribution in [2.24, 2.45) is 0 Å². The third-order valence-electron chi connectivity index (χ3n) is 4.61. The van der Waals surface area contributed by atoms with Crippen LogP contribution < -0.4 is 4.90 Å². The number of fused-ring (bicyclic) bond motifs is 1. The quantitative estimate of drug-likeness (QED) is 0.409. The van der Waals surface area contributed by atoms with Gasteiger partial charge in [-0.2, -0.15) is 0 Å². The highest BCUT2D eigenvalue weighted by Crippen LogP contribution is 2.32. The van der Waals surface area contributed by atoms with Crippen LogP contribution in [0.3, 0.4) is 0 Å². The number of rotatable bonds is 5. The number of benzene rings is 2. The molecular formula is C22H19ClN2O2S. The summed E-state index contributed by atoms with van der Waals surface area (Å²) in [4.78, 5) is 19.6. The smallest absolute Gasteiger partial charge is 0.233 e. The Morgan fingerprint density at radius 2 is 2.04 bits per heavy atom. The van der Waals surface area contributed by atoms with Crippen LogP contribution in [0.1, 0.15) is 22.5 Å². The van der Waals surface area contributed by atoms with Crippen molar-refractivity contribution in [3.63, 3.8) is 0 Å². The number of amides is 1. The standard InChI is InChI=1S/C22H19ClN2O2S/c1-14-5-6-15(2)16(10-14)11-21(26)25(13-18-4-3-9-27-18)22-24-19-8-7-17(23)12-20(19)28-22/h3-10,12H,11,13H2,1-2H3. The minimum absolute atomic E-state index is 0.0183. The molecule has 2 aromatic heterocycles. The summed E-state index contributed by atoms with van der Waals surface area (Å²) in [7, 11) is 0. The fourth-order valence-electron chi connectivity index (χ4n) is 3.07. The second kappa shape index (κ2) is 7.78. The summed E-state index contributed by atoms with van der Waals surface area (Å²) in [5.41, 5.74) is 4.10. The van der Waals surface area contributed by atoms with Gasteiger partial charge in [0.15, 0.2) is 5.13 Å². The fourth-order valence-corrected chi connectivity index (χ4v) is 4.33. The van der Waals surface area contributed by atoms with Gasteiger partial charge in [0.1, 0.15) is 5.76 Å². The molecule has 4 rings (SSSR count). The zero-order valence-corrected chi connectivity index (χ0v) is 17.2. The molecule has 4 nitrogen and oxygen atoms in total. The molecule has 0 saturated carbocycles. The van der Waals surface area contributed by atoms with Crippen LogP contribution in [-0.4, -0.2) is 10.9 Å². The van der Waals surface area contributed by atoms with Gasteiger partial charge in [0.2, 0.25) is 5.91 Å². The molecule has 0 aliphatic rings. The number of carbonyl (C=O) groups is 1. The molecule has 0 bridgehead atoms. The van der Waals surface area contributed by atoms with Crippen molar-refractivity contribution in [2.75, 3.05) is 4.90 Å². The lowest BCUT2D eigenvalue weighted by atomic mass is 10.0. The van der Waals surface area contributed by atoms with Crippen molar-refractivity contribution >= 4 is 44.2 Å². The van der Waals surface area contributed by atoms with Crippen LogP contribution in [0.2, 0.25) is 5.02 Å². The Balaban J connectivity index is 1.69. The molecule has 1 amide bonds. The van der Waals surface area contributed by atoms with Crippen LogP contribution in [-0.2, 0) is 17.8 Å². The number of thiazole rings is 1. The lowest BCUT2D eigenvalue weighted by molar-refractivity contribution is -0.118. The fraction of sp³-hybridized carbons (Fsp3) is 0.182. The van der Waals surface area contributed by atoms with E-state index in [1.54, 1.807) is 11.2 Å². The maximum absolute atomic E-state index is 13.3. The number of aromatic nitrogens is 1. The van der Waals surface area contributed by atoms with Gasteiger partial charge < -0.3 is 4.42 Å². The lowest BCUT2D eigenvalue weighted by Gasteiger charge is -2.19. The monoisotopic (exact) mass is 410 g/mol. The predicted molar refractivity (Wildman–Crippen MR) is 114 cm³/mol. The molecule has 2 aromatic carbocycles. The molecule has 0 fully saturated rings. The van der Waals surface area contributed by atoms with Crippen molar-refractivity contribution in [3.8, 4) is 0 Å². The van der Waals surface area contributed by atoms with E-state index < -0.39 is 0 Å². The van der Waals surface area contributed by atoms with Crippen LogP contribution >= 0.6 is 22.9 Å². The molecule has 0 spiro atoms. The molecule has 2 heterocycles. The molecule has 0 aliphatic heterocycles. The van der Waals surface area contributed by atoms with E-state index in [9.17, 15) is 4.79 Å². The van der Waals surface area contributed by atoms with E-state index in [0.717, 1.165) is 26.9 Å². The minimum Gasteiger partial charge on any atom is -0.467 e. The molecule has 0 aliphatic carbocycles. The number of halogens is 1. The third-order valence-corrected chi connectivity index (χ3v) is 5.89. The summed E-state index contributed by atoms with van der Waals surface area (Å²) in [5, 5.41) is 1.30. The molecule has 0 N–H and O–H groups in total. The second-order valence-electron chi connectivity index (χ2n) is 6.77. The first-order valence-corrected chi connectivity index (χ1v) is 10.1. The van der Waals surface area contributed by atoms with Gasteiger partial charge in [0.05, 0.1) is 29.4 Å². The van der Waals surface area contributed by atoms with Crippen LogP contribution in [0.25, 0.3) is 10.2 Å². The lowest BCUT2D eigenvalue weighted by Crippen LogP contribution is -2.31. The van der Waals surface area contributed by atoms with Crippen LogP contribution in [0.15, 0.2) is 59.2 Å². The molecule has 4 aromatic rings. The number of nitrogens with zero attached hydrogens (tertiary/aromatic N) is 2. The van der Waals surface area contributed by atoms with Gasteiger partial charge in [-0.15, -0.1) is 0 Å². The molecule has 28 heavy (non-hydrogen) atoms. The first-order chi connectivity index (χ1) is 13.5. The van der Waals surface area contributed by atoms with Crippen molar-refractivity contribution in [1.29, 1.82) is 0 Å². The van der Waals surface area contributed by atoms with Crippen molar-refractivity contribution < 1.29 is 9.21 Å². The third kappa shape index (κ3) is 3.96. The van der Waals surface area contributed by atoms with Gasteiger partial charge in [0, 0.05) is 5.02 Å². The summed E-state index contributed by atoms with van der Waals surface area (Å²) in [6, 6.07) is 15.4. The topological polar surface area (TPSA) is 46.3 Å². The molecule has 0 saturated heterocycles. The Hall–Kier alpha value is -2.63. The van der Waals surface area contributed by atoms with E-state index in [2.05, 4.69) is 23.2 Å². The van der Waals surface area contributed by atoms with Crippen LogP contribution in [0, 0.1) is 13.8 Å². The summed E-state index contributed by atoms with van der Waals surface area (Å²) in [5.74, 6) is 0.696. The predicted octanol–water partition coefficient (Wildman–Crippen LogP) is 5.94. The summed E-state index contributed by atoms with van der Waals surface area (Å²) in [6.07, 6.45) is 1.92. The zero-order chi connectivity index (χ0) is 19.7. The summed E-state index contributed by atoms with van der Waals surface area (Å²) < 4.78 is 6.43. The van der Waals surface area contributed by atoms with Gasteiger partial charge >= 0.3 is 0 Å². The maximum Gasteiger partial charge on any atom is 0.233 e. The van der Waals surface area contributed by atoms with E-state index in [0.29, 0.717) is 28.9 Å². The Kier molecular flexibility index (Phi) is 5.20. The van der Waals surface area contributed by atoms with Gasteiger partial charge in [-0.3, -0.25) is 9.69 Å². The van der Waals surface area contributed by atoms with E-state index in [1.807, 2.05) is 44.2 Å². The number of furan rings is 1. The average Bonchev–Trinajstić information content (AvgIpc) is 3.31. The van der Waals surface area contributed by atoms with Gasteiger partial charge in [-0.25, -0.2) is 4.98 Å². The Bertz CT molecular complexity index is 1130. The average molecular weight is 411 g/mol. The largest absolute Gasteiger partial charge is 0.467 e. The molecule has 142 valence electrons. The van der Waals surface area contributed by atoms with Crippen LogP contribution in [0.4, 0.5) is 5.13 Å². The maximum atomic E-state index is 13.3. The molecular weight excluding hydrogens is 392 g/mol. The normalized spacial score (nSPS) is 11.1. The second-order valence-corrected chi connectivity index (χ2v) is 8.22. The van der Waals surface area contributed by atoms with Crippen molar-refractivity contribution in [1.82, 2.24) is 4.98 Å². The molecule has 6 heteroatoms. The number of carbonyl (C=O) groups excluding carboxylic acids is 1. The Morgan fingerprint density at radius 1 is 1.18 bits per heavy atom. The first-order valence-electron chi connectivity index (χ1n) is 8.94. The van der Waals surface area contributed by atoms with Crippen molar-refractivity contribution in [2.45, 2.75) is 26.8 Å². The Morgan fingerprint density at radius 3 is 2.82 bits per heavy atom. The molecule has 0 atom stereocenters. The minimum atomic E-state index is -0.0183. The zero-order valence-electron chi connectivity index (χ0n) is 15.6. The van der Waals surface area contributed by atoms with Gasteiger partial charge in [-0.05, 0) is 55.3 Å². The SMILES string of the molecule is Cc1ccc(C)c(CC(=O)N(Cc2ccco2)c2nc3ccc(Cl)cc3s2)c1. The van der Waals surface area contributed by atoms with Gasteiger partial charge in [0.25, 0.3) is 0 Å². The highest BCUT2D eigenvalue weighted by atomic mass is 35.5. The van der Waals surface area contributed by atoms with E-state index in [4.69, 9.17) is 16.0 Å². The number of aryl methyl sites for hydroxylation is 2. The number of hydrogen-bond donors (Lipinski definition) is 0. The van der Waals surface area contributed by atoms with Crippen molar-refractivity contribution in [3.05, 3.63) is 82.3 Å². The van der Waals surface area contributed by atoms with E-state index in [-0.39, 0.29) is 5.91 Å². The highest BCUT2D eigenvalue weighted by Gasteiger charge is 2.22.